The summed E-state index contributed by atoms with van der Waals surface area (Å²) in [7, 11) is 3.08. The van der Waals surface area contributed by atoms with Crippen molar-refractivity contribution in [3.05, 3.63) is 113 Å². The summed E-state index contributed by atoms with van der Waals surface area (Å²) in [6.45, 7) is 6.23. The number of ether oxygens (including phenoxy) is 5. The number of methoxy groups -OCH3 is 2. The molecule has 0 bridgehead atoms. The van der Waals surface area contributed by atoms with E-state index in [-0.39, 0.29) is 24.3 Å². The van der Waals surface area contributed by atoms with Crippen molar-refractivity contribution in [1.82, 2.24) is 4.57 Å². The van der Waals surface area contributed by atoms with E-state index in [9.17, 15) is 9.59 Å². The lowest BCUT2D eigenvalue weighted by Crippen LogP contribution is -2.40. The van der Waals surface area contributed by atoms with Gasteiger partial charge in [-0.1, -0.05) is 47.2 Å². The second-order valence-electron chi connectivity index (χ2n) is 9.93. The molecular weight excluding hydrogens is 616 g/mol. The molecule has 0 unspecified atom stereocenters. The number of benzene rings is 3. The molecular formula is C34H33ClN2O7S. The Morgan fingerprint density at radius 3 is 2.49 bits per heavy atom. The molecule has 0 spiro atoms. The molecule has 0 fully saturated rings. The lowest BCUT2D eigenvalue weighted by Gasteiger charge is -2.26. The average Bonchev–Trinajstić information content (AvgIpc) is 3.34. The van der Waals surface area contributed by atoms with Crippen LogP contribution in [0.3, 0.4) is 0 Å². The first-order valence-corrected chi connectivity index (χ1v) is 15.5. The Morgan fingerprint density at radius 1 is 0.978 bits per heavy atom. The Kier molecular flexibility index (Phi) is 9.95. The van der Waals surface area contributed by atoms with E-state index in [1.54, 1.807) is 51.3 Å². The van der Waals surface area contributed by atoms with Gasteiger partial charge in [0.25, 0.3) is 5.56 Å². The van der Waals surface area contributed by atoms with Gasteiger partial charge >= 0.3 is 5.97 Å². The molecule has 1 aliphatic rings. The van der Waals surface area contributed by atoms with Gasteiger partial charge in [-0.05, 0) is 62.7 Å². The highest BCUT2D eigenvalue weighted by molar-refractivity contribution is 7.07. The Morgan fingerprint density at radius 2 is 1.78 bits per heavy atom. The number of thiazole rings is 1. The minimum absolute atomic E-state index is 0.173. The van der Waals surface area contributed by atoms with Gasteiger partial charge in [0, 0.05) is 22.2 Å². The third-order valence-electron chi connectivity index (χ3n) is 7.16. The molecule has 1 atom stereocenters. The van der Waals surface area contributed by atoms with E-state index in [1.807, 2.05) is 43.3 Å². The summed E-state index contributed by atoms with van der Waals surface area (Å²) in [6.07, 6.45) is 1.77. The standard InChI is InChI=1S/C34H33ClN2O7S/c1-6-42-28-16-21(12-15-26(28)44-19-22-10-8-9-11-25(22)35)17-29-32(38)37-31(24-14-13-23(40-4)18-27(24)41-5)30(33(39)43-7-2)20(3)36-34(37)45-29/h8-18,31H,6-7,19H2,1-5H3/b29-17-/t31-/m0/s1. The van der Waals surface area contributed by atoms with Crippen molar-refractivity contribution >= 4 is 35.0 Å². The number of carbonyl (C=O) groups is 1. The molecule has 9 nitrogen and oxygen atoms in total. The van der Waals surface area contributed by atoms with E-state index in [0.29, 0.717) is 55.2 Å². The number of carbonyl (C=O) groups excluding carboxylic acids is 1. The Bertz CT molecular complexity index is 1950. The third-order valence-corrected chi connectivity index (χ3v) is 8.51. The fourth-order valence-electron chi connectivity index (χ4n) is 5.05. The quantitative estimate of drug-likeness (QED) is 0.200. The first kappa shape index (κ1) is 31.9. The van der Waals surface area contributed by atoms with Crippen molar-refractivity contribution in [2.75, 3.05) is 27.4 Å². The van der Waals surface area contributed by atoms with Gasteiger partial charge in [-0.3, -0.25) is 9.36 Å². The van der Waals surface area contributed by atoms with E-state index in [0.717, 1.165) is 11.1 Å². The summed E-state index contributed by atoms with van der Waals surface area (Å²) >= 11 is 7.53. The van der Waals surface area contributed by atoms with E-state index < -0.39 is 12.0 Å². The highest BCUT2D eigenvalue weighted by atomic mass is 35.5. The molecule has 2 heterocycles. The number of fused-ring (bicyclic) bond motifs is 1. The number of aromatic nitrogens is 1. The van der Waals surface area contributed by atoms with E-state index in [4.69, 9.17) is 35.3 Å². The number of halogens is 1. The SMILES string of the molecule is CCOC(=O)C1=C(C)N=c2s/c(=C\c3ccc(OCc4ccccc4Cl)c(OCC)c3)c(=O)n2[C@H]1c1ccc(OC)cc1OC. The molecule has 0 N–H and O–H groups in total. The van der Waals surface area contributed by atoms with Gasteiger partial charge in [-0.2, -0.15) is 0 Å². The van der Waals surface area contributed by atoms with E-state index >= 15 is 0 Å². The molecule has 1 aliphatic heterocycles. The van der Waals surface area contributed by atoms with Gasteiger partial charge in [-0.15, -0.1) is 0 Å². The average molecular weight is 649 g/mol. The number of hydrogen-bond donors (Lipinski definition) is 0. The summed E-state index contributed by atoms with van der Waals surface area (Å²) < 4.78 is 30.3. The van der Waals surface area contributed by atoms with Crippen LogP contribution in [0.25, 0.3) is 6.08 Å². The fourth-order valence-corrected chi connectivity index (χ4v) is 6.29. The van der Waals surface area contributed by atoms with Gasteiger partial charge in [0.1, 0.15) is 24.1 Å². The van der Waals surface area contributed by atoms with Crippen molar-refractivity contribution in [3.8, 4) is 23.0 Å². The zero-order valence-electron chi connectivity index (χ0n) is 25.6. The smallest absolute Gasteiger partial charge is 0.338 e. The van der Waals surface area contributed by atoms with Gasteiger partial charge in [0.15, 0.2) is 16.3 Å². The predicted molar refractivity (Wildman–Crippen MR) is 173 cm³/mol. The highest BCUT2D eigenvalue weighted by Gasteiger charge is 2.35. The van der Waals surface area contributed by atoms with Gasteiger partial charge in [0.2, 0.25) is 0 Å². The minimum Gasteiger partial charge on any atom is -0.497 e. The van der Waals surface area contributed by atoms with Gasteiger partial charge < -0.3 is 23.7 Å². The molecule has 0 aliphatic carbocycles. The van der Waals surface area contributed by atoms with Crippen LogP contribution in [-0.4, -0.2) is 38.0 Å². The van der Waals surface area contributed by atoms with Crippen molar-refractivity contribution < 1.29 is 28.5 Å². The van der Waals surface area contributed by atoms with Crippen LogP contribution >= 0.6 is 22.9 Å². The molecule has 0 radical (unpaired) electrons. The largest absolute Gasteiger partial charge is 0.497 e. The van der Waals surface area contributed by atoms with Gasteiger partial charge in [-0.25, -0.2) is 9.79 Å². The molecule has 0 saturated carbocycles. The zero-order chi connectivity index (χ0) is 32.1. The molecule has 3 aromatic carbocycles. The van der Waals surface area contributed by atoms with Crippen molar-refractivity contribution in [2.45, 2.75) is 33.4 Å². The summed E-state index contributed by atoms with van der Waals surface area (Å²) in [5.74, 6) is 1.57. The Hall–Kier alpha value is -4.54. The highest BCUT2D eigenvalue weighted by Crippen LogP contribution is 2.38. The number of rotatable bonds is 11. The maximum atomic E-state index is 14.1. The molecule has 45 heavy (non-hydrogen) atoms. The second kappa shape index (κ2) is 14.0. The maximum absolute atomic E-state index is 14.1. The van der Waals surface area contributed by atoms with Crippen LogP contribution in [0.15, 0.2) is 81.7 Å². The Labute approximate surface area is 269 Å². The molecule has 1 aromatic heterocycles. The number of esters is 1. The van der Waals surface area contributed by atoms with Crippen LogP contribution in [0.4, 0.5) is 0 Å². The number of allylic oxidation sites excluding steroid dienone is 1. The molecule has 234 valence electrons. The normalized spacial score (nSPS) is 14.4. The zero-order valence-corrected chi connectivity index (χ0v) is 27.2. The second-order valence-corrected chi connectivity index (χ2v) is 11.3. The first-order chi connectivity index (χ1) is 21.8. The van der Waals surface area contributed by atoms with E-state index in [2.05, 4.69) is 4.99 Å². The predicted octanol–water partition coefficient (Wildman–Crippen LogP) is 5.45. The summed E-state index contributed by atoms with van der Waals surface area (Å²) in [5, 5.41) is 0.620. The molecule has 5 rings (SSSR count). The molecule has 0 saturated heterocycles. The molecule has 0 amide bonds. The van der Waals surface area contributed by atoms with Crippen LogP contribution < -0.4 is 33.8 Å². The summed E-state index contributed by atoms with van der Waals surface area (Å²) in [6, 6.07) is 17.4. The minimum atomic E-state index is -0.831. The van der Waals surface area contributed by atoms with Gasteiger partial charge in [0.05, 0.1) is 43.2 Å². The first-order valence-electron chi connectivity index (χ1n) is 14.3. The van der Waals surface area contributed by atoms with Crippen LogP contribution in [0.5, 0.6) is 23.0 Å². The van der Waals surface area contributed by atoms with Crippen molar-refractivity contribution in [2.24, 2.45) is 4.99 Å². The van der Waals surface area contributed by atoms with Crippen molar-refractivity contribution in [3.63, 3.8) is 0 Å². The monoisotopic (exact) mass is 648 g/mol. The van der Waals surface area contributed by atoms with Crippen LogP contribution in [0.2, 0.25) is 5.02 Å². The van der Waals surface area contributed by atoms with Crippen LogP contribution in [-0.2, 0) is 16.1 Å². The topological polar surface area (TPSA) is 97.6 Å². The number of nitrogens with zero attached hydrogens (tertiary/aromatic N) is 2. The lowest BCUT2D eigenvalue weighted by molar-refractivity contribution is -0.139. The summed E-state index contributed by atoms with van der Waals surface area (Å²) in [4.78, 5) is 32.5. The number of hydrogen-bond acceptors (Lipinski definition) is 9. The van der Waals surface area contributed by atoms with E-state index in [1.165, 1.54) is 23.0 Å². The maximum Gasteiger partial charge on any atom is 0.338 e. The third kappa shape index (κ3) is 6.62. The molecule has 11 heteroatoms. The van der Waals surface area contributed by atoms with Crippen molar-refractivity contribution in [1.29, 1.82) is 0 Å². The Balaban J connectivity index is 1.59. The van der Waals surface area contributed by atoms with Crippen LogP contribution in [0.1, 0.15) is 43.5 Å². The van der Waals surface area contributed by atoms with Crippen LogP contribution in [0, 0.1) is 0 Å². The summed E-state index contributed by atoms with van der Waals surface area (Å²) in [5.41, 5.74) is 2.59. The fraction of sp³-hybridized carbons (Fsp3) is 0.265. The lowest BCUT2D eigenvalue weighted by atomic mass is 9.95. The molecule has 4 aromatic rings.